The van der Waals surface area contributed by atoms with Crippen LogP contribution in [0.15, 0.2) is 30.6 Å². The van der Waals surface area contributed by atoms with Gasteiger partial charge in [0.05, 0.1) is 36.4 Å². The molecule has 26 heavy (non-hydrogen) atoms. The summed E-state index contributed by atoms with van der Waals surface area (Å²) in [5.41, 5.74) is 0.510. The smallest absolute Gasteiger partial charge is 0.257 e. The lowest BCUT2D eigenvalue weighted by atomic mass is 10.1. The quantitative estimate of drug-likeness (QED) is 0.805. The summed E-state index contributed by atoms with van der Waals surface area (Å²) in [6, 6.07) is 3.30. The molecule has 1 atom stereocenters. The third-order valence-corrected chi connectivity index (χ3v) is 6.09. The van der Waals surface area contributed by atoms with E-state index in [0.29, 0.717) is 17.9 Å². The van der Waals surface area contributed by atoms with Crippen LogP contribution in [-0.2, 0) is 16.4 Å². The van der Waals surface area contributed by atoms with E-state index in [2.05, 4.69) is 5.10 Å². The van der Waals surface area contributed by atoms with Gasteiger partial charge in [-0.25, -0.2) is 12.8 Å². The van der Waals surface area contributed by atoms with Crippen LogP contribution in [0.5, 0.6) is 5.75 Å². The molecule has 1 aliphatic rings. The lowest BCUT2D eigenvalue weighted by molar-refractivity contribution is 0.0692. The van der Waals surface area contributed by atoms with E-state index in [1.165, 1.54) is 24.1 Å². The zero-order chi connectivity index (χ0) is 18.9. The van der Waals surface area contributed by atoms with E-state index in [4.69, 9.17) is 4.74 Å². The number of methoxy groups -OCH3 is 1. The maximum absolute atomic E-state index is 14.3. The molecule has 1 saturated heterocycles. The highest BCUT2D eigenvalue weighted by molar-refractivity contribution is 7.91. The number of hydrogen-bond donors (Lipinski definition) is 0. The number of aromatic nitrogens is 2. The Morgan fingerprint density at radius 2 is 2.19 bits per heavy atom. The summed E-state index contributed by atoms with van der Waals surface area (Å²) in [7, 11) is -1.88. The van der Waals surface area contributed by atoms with E-state index in [1.807, 2.05) is 6.92 Å². The van der Waals surface area contributed by atoms with Crippen molar-refractivity contribution in [2.24, 2.45) is 0 Å². The van der Waals surface area contributed by atoms with Crippen molar-refractivity contribution >= 4 is 15.7 Å². The molecule has 0 radical (unpaired) electrons. The minimum Gasteiger partial charge on any atom is -0.497 e. The Bertz CT molecular complexity index is 926. The molecule has 1 unspecified atom stereocenters. The van der Waals surface area contributed by atoms with Crippen LogP contribution in [0.1, 0.15) is 28.9 Å². The molecular weight excluding hydrogens is 361 g/mol. The van der Waals surface area contributed by atoms with Gasteiger partial charge in [-0.3, -0.25) is 9.48 Å². The number of carbonyl (C=O) groups is 1. The average molecular weight is 381 g/mol. The molecule has 1 aliphatic heterocycles. The fraction of sp³-hybridized carbons (Fsp3) is 0.412. The second-order valence-corrected chi connectivity index (χ2v) is 8.33. The summed E-state index contributed by atoms with van der Waals surface area (Å²) in [5.74, 6) is -1.29. The van der Waals surface area contributed by atoms with Gasteiger partial charge in [0.1, 0.15) is 11.6 Å². The molecule has 7 nitrogen and oxygen atoms in total. The normalized spacial score (nSPS) is 19.3. The highest BCUT2D eigenvalue weighted by Gasteiger charge is 2.37. The second-order valence-electron chi connectivity index (χ2n) is 6.10. The van der Waals surface area contributed by atoms with Crippen LogP contribution < -0.4 is 4.74 Å². The minimum atomic E-state index is -3.29. The molecule has 1 aromatic carbocycles. The van der Waals surface area contributed by atoms with E-state index in [-0.39, 0.29) is 23.6 Å². The number of benzene rings is 1. The largest absolute Gasteiger partial charge is 0.497 e. The fourth-order valence-corrected chi connectivity index (χ4v) is 4.50. The number of aryl methyl sites for hydroxylation is 1. The van der Waals surface area contributed by atoms with Crippen molar-refractivity contribution in [1.29, 1.82) is 0 Å². The molecule has 0 saturated carbocycles. The third kappa shape index (κ3) is 3.57. The number of nitrogens with zero attached hydrogens (tertiary/aromatic N) is 3. The molecule has 0 spiro atoms. The minimum absolute atomic E-state index is 0.00854. The van der Waals surface area contributed by atoms with E-state index in [9.17, 15) is 17.6 Å². The number of rotatable bonds is 4. The maximum Gasteiger partial charge on any atom is 0.257 e. The topological polar surface area (TPSA) is 81.5 Å². The monoisotopic (exact) mass is 381 g/mol. The zero-order valence-electron chi connectivity index (χ0n) is 14.6. The summed E-state index contributed by atoms with van der Waals surface area (Å²) in [6.07, 6.45) is 3.27. The first kappa shape index (κ1) is 18.4. The van der Waals surface area contributed by atoms with E-state index in [1.54, 1.807) is 17.1 Å². The van der Waals surface area contributed by atoms with Gasteiger partial charge in [-0.1, -0.05) is 0 Å². The number of sulfone groups is 1. The van der Waals surface area contributed by atoms with Crippen LogP contribution in [0.2, 0.25) is 0 Å². The van der Waals surface area contributed by atoms with Gasteiger partial charge in [-0.2, -0.15) is 5.10 Å². The number of halogens is 1. The Balaban J connectivity index is 1.96. The van der Waals surface area contributed by atoms with Crippen LogP contribution in [-0.4, -0.2) is 54.2 Å². The predicted molar refractivity (Wildman–Crippen MR) is 93.3 cm³/mol. The van der Waals surface area contributed by atoms with Gasteiger partial charge in [-0.05, 0) is 19.1 Å². The van der Waals surface area contributed by atoms with Gasteiger partial charge >= 0.3 is 0 Å². The molecule has 3 rings (SSSR count). The Morgan fingerprint density at radius 3 is 2.81 bits per heavy atom. The Hall–Kier alpha value is -2.42. The Kier molecular flexibility index (Phi) is 4.99. The fourth-order valence-electron chi connectivity index (χ4n) is 3.00. The van der Waals surface area contributed by atoms with E-state index >= 15 is 0 Å². The van der Waals surface area contributed by atoms with Crippen molar-refractivity contribution < 1.29 is 22.3 Å². The Morgan fingerprint density at radius 1 is 1.42 bits per heavy atom. The molecule has 0 bridgehead atoms. The van der Waals surface area contributed by atoms with Crippen LogP contribution in [0.4, 0.5) is 4.39 Å². The Labute approximate surface area is 151 Å². The lowest BCUT2D eigenvalue weighted by Gasteiger charge is -2.35. The van der Waals surface area contributed by atoms with Gasteiger partial charge in [0.15, 0.2) is 9.84 Å². The molecule has 1 aromatic heterocycles. The molecule has 2 heterocycles. The van der Waals surface area contributed by atoms with Crippen LogP contribution >= 0.6 is 0 Å². The van der Waals surface area contributed by atoms with Crippen molar-refractivity contribution in [2.75, 3.05) is 25.2 Å². The molecule has 9 heteroatoms. The second kappa shape index (κ2) is 7.06. The first-order valence-electron chi connectivity index (χ1n) is 8.22. The SMILES string of the molecule is CCn1cc(C2CS(=O)(=O)CCN2C(=O)c2ccc(OC)cc2F)cn1. The number of carbonyl (C=O) groups excluding carboxylic acids is 1. The molecular formula is C17H20FN3O4S. The first-order chi connectivity index (χ1) is 12.3. The number of hydrogen-bond acceptors (Lipinski definition) is 5. The van der Waals surface area contributed by atoms with Gasteiger partial charge in [-0.15, -0.1) is 0 Å². The van der Waals surface area contributed by atoms with Crippen LogP contribution in [0.25, 0.3) is 0 Å². The van der Waals surface area contributed by atoms with Crippen molar-refractivity contribution in [3.63, 3.8) is 0 Å². The van der Waals surface area contributed by atoms with Crippen molar-refractivity contribution in [3.8, 4) is 5.75 Å². The maximum atomic E-state index is 14.3. The molecule has 0 N–H and O–H groups in total. The van der Waals surface area contributed by atoms with Crippen molar-refractivity contribution in [1.82, 2.24) is 14.7 Å². The van der Waals surface area contributed by atoms with Crippen LogP contribution in [0.3, 0.4) is 0 Å². The number of ether oxygens (including phenoxy) is 1. The van der Waals surface area contributed by atoms with Crippen molar-refractivity contribution in [2.45, 2.75) is 19.5 Å². The van der Waals surface area contributed by atoms with Gasteiger partial charge in [0.2, 0.25) is 0 Å². The first-order valence-corrected chi connectivity index (χ1v) is 10.0. The van der Waals surface area contributed by atoms with Crippen molar-refractivity contribution in [3.05, 3.63) is 47.5 Å². The number of amides is 1. The molecule has 1 amide bonds. The third-order valence-electron chi connectivity index (χ3n) is 4.46. The molecule has 2 aromatic rings. The van der Waals surface area contributed by atoms with Crippen LogP contribution in [0, 0.1) is 5.82 Å². The lowest BCUT2D eigenvalue weighted by Crippen LogP contribution is -2.46. The van der Waals surface area contributed by atoms with Gasteiger partial charge < -0.3 is 9.64 Å². The zero-order valence-corrected chi connectivity index (χ0v) is 15.4. The highest BCUT2D eigenvalue weighted by atomic mass is 32.2. The van der Waals surface area contributed by atoms with Gasteiger partial charge in [0, 0.05) is 30.9 Å². The molecule has 0 aliphatic carbocycles. The van der Waals surface area contributed by atoms with E-state index in [0.717, 1.165) is 6.07 Å². The summed E-state index contributed by atoms with van der Waals surface area (Å²) in [5, 5.41) is 4.16. The standard InChI is InChI=1S/C17H20FN3O4S/c1-3-20-10-12(9-19-20)16-11-26(23,24)7-6-21(16)17(22)14-5-4-13(25-2)8-15(14)18/h4-5,8-10,16H,3,6-7,11H2,1-2H3. The van der Waals surface area contributed by atoms with Gasteiger partial charge in [0.25, 0.3) is 5.91 Å². The van der Waals surface area contributed by atoms with E-state index < -0.39 is 27.6 Å². The predicted octanol–water partition coefficient (Wildman–Crippen LogP) is 1.66. The summed E-state index contributed by atoms with van der Waals surface area (Å²) < 4.78 is 45.2. The summed E-state index contributed by atoms with van der Waals surface area (Å²) >= 11 is 0. The molecule has 1 fully saturated rings. The average Bonchev–Trinajstić information content (AvgIpc) is 3.09. The molecule has 140 valence electrons. The summed E-state index contributed by atoms with van der Waals surface area (Å²) in [4.78, 5) is 14.3. The summed E-state index contributed by atoms with van der Waals surface area (Å²) in [6.45, 7) is 2.54. The highest BCUT2D eigenvalue weighted by Crippen LogP contribution is 2.29.